The summed E-state index contributed by atoms with van der Waals surface area (Å²) < 4.78 is 0. The van der Waals surface area contributed by atoms with Crippen molar-refractivity contribution in [2.75, 3.05) is 11.9 Å². The molecule has 2 heteroatoms. The maximum absolute atomic E-state index is 4.83. The zero-order valence-corrected chi connectivity index (χ0v) is 11.8. The van der Waals surface area contributed by atoms with E-state index in [1.54, 1.807) is 0 Å². The van der Waals surface area contributed by atoms with Crippen LogP contribution >= 0.6 is 0 Å². The highest BCUT2D eigenvalue weighted by molar-refractivity contribution is 5.87. The summed E-state index contributed by atoms with van der Waals surface area (Å²) in [6.07, 6.45) is 2.23. The lowest BCUT2D eigenvalue weighted by Crippen LogP contribution is -2.04. The molecule has 18 heavy (non-hydrogen) atoms. The van der Waals surface area contributed by atoms with Crippen LogP contribution in [-0.4, -0.2) is 11.5 Å². The first-order valence-corrected chi connectivity index (χ1v) is 6.81. The quantitative estimate of drug-likeness (QED) is 0.867. The lowest BCUT2D eigenvalue weighted by atomic mass is 10.0. The molecule has 1 heterocycles. The summed E-state index contributed by atoms with van der Waals surface area (Å²) in [4.78, 5) is 4.83. The summed E-state index contributed by atoms with van der Waals surface area (Å²) in [6.45, 7) is 9.53. The van der Waals surface area contributed by atoms with Gasteiger partial charge in [0.1, 0.15) is 5.82 Å². The third kappa shape index (κ3) is 2.33. The van der Waals surface area contributed by atoms with Gasteiger partial charge in [-0.05, 0) is 49.9 Å². The molecule has 1 aromatic heterocycles. The second-order valence-corrected chi connectivity index (χ2v) is 4.87. The lowest BCUT2D eigenvalue weighted by molar-refractivity contribution is 0.915. The van der Waals surface area contributed by atoms with E-state index in [4.69, 9.17) is 4.98 Å². The van der Waals surface area contributed by atoms with Gasteiger partial charge >= 0.3 is 0 Å². The van der Waals surface area contributed by atoms with E-state index in [-0.39, 0.29) is 0 Å². The molecule has 0 saturated heterocycles. The van der Waals surface area contributed by atoms with Gasteiger partial charge in [0.25, 0.3) is 0 Å². The number of rotatable bonds is 4. The van der Waals surface area contributed by atoms with E-state index in [0.29, 0.717) is 0 Å². The number of benzene rings is 1. The third-order valence-corrected chi connectivity index (χ3v) is 3.35. The van der Waals surface area contributed by atoms with Crippen LogP contribution in [0.25, 0.3) is 10.9 Å². The van der Waals surface area contributed by atoms with Gasteiger partial charge < -0.3 is 5.32 Å². The van der Waals surface area contributed by atoms with Crippen molar-refractivity contribution in [2.24, 2.45) is 0 Å². The second kappa shape index (κ2) is 5.38. The van der Waals surface area contributed by atoms with Crippen LogP contribution in [0.5, 0.6) is 0 Å². The fraction of sp³-hybridized carbons (Fsp3) is 0.438. The third-order valence-electron chi connectivity index (χ3n) is 3.35. The van der Waals surface area contributed by atoms with E-state index in [2.05, 4.69) is 51.2 Å². The Morgan fingerprint density at radius 1 is 1.11 bits per heavy atom. The Bertz CT molecular complexity index is 508. The van der Waals surface area contributed by atoms with Crippen molar-refractivity contribution in [3.05, 3.63) is 34.9 Å². The molecule has 0 spiro atoms. The predicted octanol–water partition coefficient (Wildman–Crippen LogP) is 4.24. The number of pyridine rings is 1. The summed E-state index contributed by atoms with van der Waals surface area (Å²) in [5.41, 5.74) is 5.02. The fourth-order valence-electron chi connectivity index (χ4n) is 2.36. The molecule has 0 amide bonds. The molecule has 1 aromatic carbocycles. The molecule has 0 atom stereocenters. The summed E-state index contributed by atoms with van der Waals surface area (Å²) >= 11 is 0. The molecule has 0 unspecified atom stereocenters. The number of aromatic nitrogens is 1. The maximum atomic E-state index is 4.83. The predicted molar refractivity (Wildman–Crippen MR) is 79.4 cm³/mol. The number of nitrogens with one attached hydrogen (secondary N) is 1. The highest BCUT2D eigenvalue weighted by atomic mass is 15.0. The number of anilines is 1. The van der Waals surface area contributed by atoms with Gasteiger partial charge in [-0.1, -0.05) is 25.5 Å². The van der Waals surface area contributed by atoms with Crippen LogP contribution in [0.15, 0.2) is 18.2 Å². The molecule has 0 saturated carbocycles. The molecule has 0 aliphatic rings. The van der Waals surface area contributed by atoms with Crippen LogP contribution < -0.4 is 5.32 Å². The molecular weight excluding hydrogens is 220 g/mol. The van der Waals surface area contributed by atoms with Gasteiger partial charge in [-0.15, -0.1) is 0 Å². The summed E-state index contributed by atoms with van der Waals surface area (Å²) in [7, 11) is 0. The molecule has 2 aromatic rings. The molecular formula is C16H22N2. The average molecular weight is 242 g/mol. The highest BCUT2D eigenvalue weighted by Gasteiger charge is 2.08. The molecule has 0 fully saturated rings. The van der Waals surface area contributed by atoms with Crippen molar-refractivity contribution in [1.29, 1.82) is 0 Å². The number of nitrogens with zero attached hydrogens (tertiary/aromatic N) is 1. The van der Waals surface area contributed by atoms with Crippen molar-refractivity contribution in [1.82, 2.24) is 4.98 Å². The van der Waals surface area contributed by atoms with Gasteiger partial charge in [0, 0.05) is 11.9 Å². The average Bonchev–Trinajstić information content (AvgIpc) is 2.36. The molecule has 2 nitrogen and oxygen atoms in total. The first-order chi connectivity index (χ1) is 8.67. The zero-order chi connectivity index (χ0) is 13.1. The SMILES string of the molecule is CCCc1cc2c(C)ccc(C)c2nc1NCC. The van der Waals surface area contributed by atoms with E-state index < -0.39 is 0 Å². The van der Waals surface area contributed by atoms with Crippen LogP contribution in [0, 0.1) is 13.8 Å². The Morgan fingerprint density at radius 3 is 2.50 bits per heavy atom. The summed E-state index contributed by atoms with van der Waals surface area (Å²) in [5.74, 6) is 1.06. The summed E-state index contributed by atoms with van der Waals surface area (Å²) in [5, 5.41) is 4.68. The molecule has 2 rings (SSSR count). The maximum Gasteiger partial charge on any atom is 0.129 e. The minimum absolute atomic E-state index is 0.917. The van der Waals surface area contributed by atoms with Crippen LogP contribution in [0.3, 0.4) is 0 Å². The van der Waals surface area contributed by atoms with Gasteiger partial charge in [-0.25, -0.2) is 4.98 Å². The monoisotopic (exact) mass is 242 g/mol. The second-order valence-electron chi connectivity index (χ2n) is 4.87. The number of hydrogen-bond donors (Lipinski definition) is 1. The van der Waals surface area contributed by atoms with Crippen molar-refractivity contribution >= 4 is 16.7 Å². The number of aryl methyl sites for hydroxylation is 3. The van der Waals surface area contributed by atoms with Gasteiger partial charge in [0.15, 0.2) is 0 Å². The van der Waals surface area contributed by atoms with Gasteiger partial charge in [0.05, 0.1) is 5.52 Å². The minimum atomic E-state index is 0.917. The molecule has 0 aliphatic carbocycles. The molecule has 0 radical (unpaired) electrons. The first-order valence-electron chi connectivity index (χ1n) is 6.81. The Hall–Kier alpha value is -1.57. The van der Waals surface area contributed by atoms with E-state index in [1.165, 1.54) is 22.1 Å². The van der Waals surface area contributed by atoms with Crippen LogP contribution in [0.4, 0.5) is 5.82 Å². The Balaban J connectivity index is 2.67. The summed E-state index contributed by atoms with van der Waals surface area (Å²) in [6, 6.07) is 6.65. The van der Waals surface area contributed by atoms with Gasteiger partial charge in [-0.3, -0.25) is 0 Å². The van der Waals surface area contributed by atoms with Crippen molar-refractivity contribution in [3.8, 4) is 0 Å². The molecule has 0 aliphatic heterocycles. The van der Waals surface area contributed by atoms with Crippen LogP contribution in [-0.2, 0) is 6.42 Å². The largest absolute Gasteiger partial charge is 0.370 e. The Kier molecular flexibility index (Phi) is 3.85. The van der Waals surface area contributed by atoms with Crippen LogP contribution in [0.1, 0.15) is 37.0 Å². The normalized spacial score (nSPS) is 10.9. The molecule has 96 valence electrons. The lowest BCUT2D eigenvalue weighted by Gasteiger charge is -2.13. The van der Waals surface area contributed by atoms with Crippen molar-refractivity contribution < 1.29 is 0 Å². The smallest absolute Gasteiger partial charge is 0.129 e. The highest BCUT2D eigenvalue weighted by Crippen LogP contribution is 2.26. The molecule has 1 N–H and O–H groups in total. The number of hydrogen-bond acceptors (Lipinski definition) is 2. The van der Waals surface area contributed by atoms with E-state index >= 15 is 0 Å². The fourth-order valence-corrected chi connectivity index (χ4v) is 2.36. The topological polar surface area (TPSA) is 24.9 Å². The number of fused-ring (bicyclic) bond motifs is 1. The standard InChI is InChI=1S/C16H22N2/c1-5-7-13-10-14-11(3)8-9-12(4)15(14)18-16(13)17-6-2/h8-10H,5-7H2,1-4H3,(H,17,18). The van der Waals surface area contributed by atoms with Gasteiger partial charge in [0.2, 0.25) is 0 Å². The van der Waals surface area contributed by atoms with Crippen molar-refractivity contribution in [3.63, 3.8) is 0 Å². The van der Waals surface area contributed by atoms with E-state index in [1.807, 2.05) is 0 Å². The van der Waals surface area contributed by atoms with E-state index in [9.17, 15) is 0 Å². The van der Waals surface area contributed by atoms with Crippen LogP contribution in [0.2, 0.25) is 0 Å². The first kappa shape index (κ1) is 12.9. The Labute approximate surface area is 109 Å². The van der Waals surface area contributed by atoms with Gasteiger partial charge in [-0.2, -0.15) is 0 Å². The zero-order valence-electron chi connectivity index (χ0n) is 11.8. The Morgan fingerprint density at radius 2 is 1.83 bits per heavy atom. The van der Waals surface area contributed by atoms with E-state index in [0.717, 1.165) is 30.7 Å². The van der Waals surface area contributed by atoms with Crippen molar-refractivity contribution in [2.45, 2.75) is 40.5 Å². The molecule has 0 bridgehead atoms. The minimum Gasteiger partial charge on any atom is -0.370 e.